The van der Waals surface area contributed by atoms with Gasteiger partial charge in [-0.1, -0.05) is 0 Å². The predicted octanol–water partition coefficient (Wildman–Crippen LogP) is 4.33. The molecule has 0 radical (unpaired) electrons. The van der Waals surface area contributed by atoms with Crippen molar-refractivity contribution in [2.24, 2.45) is 0 Å². The minimum absolute atomic E-state index is 0.0249. The van der Waals surface area contributed by atoms with Gasteiger partial charge < -0.3 is 9.32 Å². The normalized spacial score (nSPS) is 10.8. The number of hydrogen-bond donors (Lipinski definition) is 1. The van der Waals surface area contributed by atoms with Gasteiger partial charge in [-0.05, 0) is 49.7 Å². The van der Waals surface area contributed by atoms with Crippen LogP contribution in [0.3, 0.4) is 0 Å². The lowest BCUT2D eigenvalue weighted by molar-refractivity contribution is -0.384. The Bertz CT molecular complexity index is 973. The summed E-state index contributed by atoms with van der Waals surface area (Å²) in [4.78, 5) is 12.5. The Morgan fingerprint density at radius 2 is 1.76 bits per heavy atom. The van der Waals surface area contributed by atoms with Crippen LogP contribution in [0.5, 0.6) is 0 Å². The summed E-state index contributed by atoms with van der Waals surface area (Å²) in [6.45, 7) is 5.99. The molecule has 2 aromatic carbocycles. The Kier molecular flexibility index (Phi) is 4.52. The highest BCUT2D eigenvalue weighted by Gasteiger charge is 2.10. The van der Waals surface area contributed by atoms with Gasteiger partial charge in [0.25, 0.3) is 5.69 Å². The van der Waals surface area contributed by atoms with Crippen LogP contribution < -0.4 is 10.5 Å². The Morgan fingerprint density at radius 3 is 2.36 bits per heavy atom. The first-order valence-electron chi connectivity index (χ1n) is 8.15. The first-order valence-corrected chi connectivity index (χ1v) is 8.15. The van der Waals surface area contributed by atoms with E-state index in [0.717, 1.165) is 24.2 Å². The molecule has 0 spiro atoms. The maximum Gasteiger partial charge on any atom is 0.269 e. The summed E-state index contributed by atoms with van der Waals surface area (Å²) in [6.07, 6.45) is 0. The van der Waals surface area contributed by atoms with Gasteiger partial charge in [0.2, 0.25) is 5.55 Å². The first kappa shape index (κ1) is 16.7. The third-order valence-electron chi connectivity index (χ3n) is 4.27. The minimum Gasteiger partial charge on any atom is -0.438 e. The second-order valence-electron chi connectivity index (χ2n) is 5.69. The van der Waals surface area contributed by atoms with Crippen LogP contribution in [0.1, 0.15) is 13.8 Å². The summed E-state index contributed by atoms with van der Waals surface area (Å²) < 4.78 is 5.71. The van der Waals surface area contributed by atoms with E-state index in [2.05, 4.69) is 18.7 Å². The number of nitro groups is 1. The summed E-state index contributed by atoms with van der Waals surface area (Å²) in [6, 6.07) is 14.0. The van der Waals surface area contributed by atoms with Gasteiger partial charge in [0.1, 0.15) is 5.58 Å². The molecular formula is C19H19N3O3. The molecule has 0 unspecified atom stereocenters. The second-order valence-corrected chi connectivity index (χ2v) is 5.69. The third kappa shape index (κ3) is 3.24. The van der Waals surface area contributed by atoms with Crippen molar-refractivity contribution < 1.29 is 9.34 Å². The van der Waals surface area contributed by atoms with E-state index in [1.54, 1.807) is 12.1 Å². The molecule has 6 nitrogen and oxygen atoms in total. The molecule has 0 fully saturated rings. The van der Waals surface area contributed by atoms with Crippen LogP contribution in [0.15, 0.2) is 52.9 Å². The SMILES string of the molecule is CCN(CC)c1ccc2cc(-c3ccc([N+](=O)[O-])cc3)c(=N)oc2c1. The monoisotopic (exact) mass is 337 g/mol. The van der Waals surface area contributed by atoms with Gasteiger partial charge in [0.05, 0.1) is 4.92 Å². The molecule has 3 aromatic rings. The van der Waals surface area contributed by atoms with Crippen LogP contribution in [-0.2, 0) is 0 Å². The van der Waals surface area contributed by atoms with Crippen molar-refractivity contribution in [1.29, 1.82) is 5.41 Å². The maximum atomic E-state index is 10.8. The smallest absolute Gasteiger partial charge is 0.269 e. The maximum absolute atomic E-state index is 10.8. The number of hydrogen-bond acceptors (Lipinski definition) is 5. The van der Waals surface area contributed by atoms with Gasteiger partial charge in [-0.3, -0.25) is 15.5 Å². The molecule has 0 aliphatic carbocycles. The van der Waals surface area contributed by atoms with E-state index in [1.807, 2.05) is 24.3 Å². The van der Waals surface area contributed by atoms with Gasteiger partial charge in [0, 0.05) is 47.9 Å². The van der Waals surface area contributed by atoms with E-state index in [-0.39, 0.29) is 11.2 Å². The van der Waals surface area contributed by atoms with Crippen molar-refractivity contribution in [3.8, 4) is 11.1 Å². The lowest BCUT2D eigenvalue weighted by Crippen LogP contribution is -2.21. The topological polar surface area (TPSA) is 83.4 Å². The zero-order chi connectivity index (χ0) is 18.0. The average Bonchev–Trinajstić information content (AvgIpc) is 2.62. The van der Waals surface area contributed by atoms with Crippen molar-refractivity contribution in [2.45, 2.75) is 13.8 Å². The summed E-state index contributed by atoms with van der Waals surface area (Å²) >= 11 is 0. The lowest BCUT2D eigenvalue weighted by atomic mass is 10.1. The predicted molar refractivity (Wildman–Crippen MR) is 97.7 cm³/mol. The van der Waals surface area contributed by atoms with E-state index in [4.69, 9.17) is 9.83 Å². The molecule has 1 N–H and O–H groups in total. The lowest BCUT2D eigenvalue weighted by Gasteiger charge is -2.21. The van der Waals surface area contributed by atoms with Gasteiger partial charge >= 0.3 is 0 Å². The van der Waals surface area contributed by atoms with Crippen LogP contribution in [-0.4, -0.2) is 18.0 Å². The van der Waals surface area contributed by atoms with E-state index in [9.17, 15) is 10.1 Å². The van der Waals surface area contributed by atoms with Gasteiger partial charge in [-0.2, -0.15) is 0 Å². The fourth-order valence-corrected chi connectivity index (χ4v) is 2.88. The highest BCUT2D eigenvalue weighted by atomic mass is 16.6. The molecular weight excluding hydrogens is 318 g/mol. The molecule has 6 heteroatoms. The Balaban J connectivity index is 2.06. The van der Waals surface area contributed by atoms with Crippen LogP contribution in [0, 0.1) is 15.5 Å². The molecule has 0 saturated carbocycles. The van der Waals surface area contributed by atoms with E-state index in [1.165, 1.54) is 12.1 Å². The number of nitro benzene ring substituents is 1. The van der Waals surface area contributed by atoms with Crippen molar-refractivity contribution in [1.82, 2.24) is 0 Å². The zero-order valence-corrected chi connectivity index (χ0v) is 14.2. The van der Waals surface area contributed by atoms with Crippen LogP contribution >= 0.6 is 0 Å². The fourth-order valence-electron chi connectivity index (χ4n) is 2.88. The standard InChI is InChI=1S/C19H19N3O3/c1-3-21(4-2)16-10-7-14-11-17(19(20)25-18(14)12-16)13-5-8-15(9-6-13)22(23)24/h5-12,20H,3-4H2,1-2H3. The minimum atomic E-state index is -0.440. The van der Waals surface area contributed by atoms with Crippen LogP contribution in [0.25, 0.3) is 22.1 Å². The Hall–Kier alpha value is -3.15. The summed E-state index contributed by atoms with van der Waals surface area (Å²) in [7, 11) is 0. The van der Waals surface area contributed by atoms with Crippen molar-refractivity contribution in [2.75, 3.05) is 18.0 Å². The Morgan fingerprint density at radius 1 is 1.08 bits per heavy atom. The highest BCUT2D eigenvalue weighted by molar-refractivity contribution is 5.84. The zero-order valence-electron chi connectivity index (χ0n) is 14.2. The molecule has 1 aromatic heterocycles. The molecule has 0 bridgehead atoms. The number of nitrogens with zero attached hydrogens (tertiary/aromatic N) is 2. The number of nitrogens with one attached hydrogen (secondary N) is 1. The van der Waals surface area contributed by atoms with E-state index in [0.29, 0.717) is 16.7 Å². The molecule has 0 aliphatic heterocycles. The number of fused-ring (bicyclic) bond motifs is 1. The molecule has 0 saturated heterocycles. The van der Waals surface area contributed by atoms with Crippen molar-refractivity contribution >= 4 is 22.3 Å². The molecule has 0 aliphatic rings. The second kappa shape index (κ2) is 6.76. The van der Waals surface area contributed by atoms with Gasteiger partial charge in [-0.15, -0.1) is 0 Å². The number of anilines is 1. The fraction of sp³-hybridized carbons (Fsp3) is 0.211. The molecule has 3 rings (SSSR count). The van der Waals surface area contributed by atoms with Crippen molar-refractivity contribution in [3.05, 3.63) is 64.2 Å². The van der Waals surface area contributed by atoms with Gasteiger partial charge in [-0.25, -0.2) is 0 Å². The molecule has 0 amide bonds. The quantitative estimate of drug-likeness (QED) is 0.555. The largest absolute Gasteiger partial charge is 0.438 e. The van der Waals surface area contributed by atoms with Gasteiger partial charge in [0.15, 0.2) is 0 Å². The van der Waals surface area contributed by atoms with E-state index < -0.39 is 4.92 Å². The van der Waals surface area contributed by atoms with Crippen LogP contribution in [0.4, 0.5) is 11.4 Å². The number of benzene rings is 2. The Labute approximate surface area is 145 Å². The summed E-state index contributed by atoms with van der Waals surface area (Å²) in [5.41, 5.74) is 3.10. The number of non-ortho nitro benzene ring substituents is 1. The van der Waals surface area contributed by atoms with Crippen LogP contribution in [0.2, 0.25) is 0 Å². The summed E-state index contributed by atoms with van der Waals surface area (Å²) in [5, 5.41) is 19.8. The highest BCUT2D eigenvalue weighted by Crippen LogP contribution is 2.26. The average molecular weight is 337 g/mol. The first-order chi connectivity index (χ1) is 12.0. The molecule has 25 heavy (non-hydrogen) atoms. The summed E-state index contributed by atoms with van der Waals surface area (Å²) in [5.74, 6) is 0. The molecule has 0 atom stereocenters. The third-order valence-corrected chi connectivity index (χ3v) is 4.27. The molecule has 1 heterocycles. The van der Waals surface area contributed by atoms with Crippen molar-refractivity contribution in [3.63, 3.8) is 0 Å². The number of rotatable bonds is 5. The van der Waals surface area contributed by atoms with E-state index >= 15 is 0 Å². The molecule has 128 valence electrons.